The number of carbonyl (C=O) groups excluding carboxylic acids is 2. The summed E-state index contributed by atoms with van der Waals surface area (Å²) in [6.07, 6.45) is 0.783. The van der Waals surface area contributed by atoms with Crippen molar-refractivity contribution >= 4 is 47.0 Å². The monoisotopic (exact) mass is 646 g/mol. The zero-order valence-electron chi connectivity index (χ0n) is 23.4. The van der Waals surface area contributed by atoms with Crippen molar-refractivity contribution in [2.24, 2.45) is 5.73 Å². The quantitative estimate of drug-likeness (QED) is 0.252. The molecule has 1 aliphatic heterocycles. The number of nitrogens with zero attached hydrogens (tertiary/aromatic N) is 8. The van der Waals surface area contributed by atoms with Gasteiger partial charge < -0.3 is 26.0 Å². The summed E-state index contributed by atoms with van der Waals surface area (Å²) in [6, 6.07) is 6.51. The van der Waals surface area contributed by atoms with Gasteiger partial charge in [0.1, 0.15) is 6.54 Å². The number of hydrogen-bond acceptors (Lipinski definition) is 9. The summed E-state index contributed by atoms with van der Waals surface area (Å²) >= 11 is 6.47. The minimum absolute atomic E-state index is 0.0406. The first kappa shape index (κ1) is 32.7. The van der Waals surface area contributed by atoms with E-state index in [0.717, 1.165) is 10.9 Å². The standard InChI is InChI=1S/C26H24ClF3N10O2.CH2O2/c27-19-13-16(1-2-17(19)25(42)38-11-9-37(10-12-38)21(41)3-4-31)35-23-24-34-14-20(40(24)8-6-33-23)18-15-39(7-5-32)36-22(18)26(28,29)30;2-1-3/h1-2,6,8,13-15H,3-4,7,9-12,31H2,(H,33,35);1H,(H,2,3). The van der Waals surface area contributed by atoms with E-state index in [9.17, 15) is 22.8 Å². The van der Waals surface area contributed by atoms with Crippen molar-refractivity contribution in [2.45, 2.75) is 19.1 Å². The van der Waals surface area contributed by atoms with E-state index in [2.05, 4.69) is 20.4 Å². The van der Waals surface area contributed by atoms with Gasteiger partial charge in [0, 0.05) is 63.4 Å². The van der Waals surface area contributed by atoms with Crippen LogP contribution in [0, 0.1) is 11.3 Å². The predicted octanol–water partition coefficient (Wildman–Crippen LogP) is 2.87. The normalized spacial score (nSPS) is 13.2. The lowest BCUT2D eigenvalue weighted by atomic mass is 10.1. The van der Waals surface area contributed by atoms with Crippen molar-refractivity contribution in [1.82, 2.24) is 33.9 Å². The molecule has 236 valence electrons. The first-order chi connectivity index (χ1) is 21.5. The second kappa shape index (κ2) is 14.1. The van der Waals surface area contributed by atoms with Gasteiger partial charge in [-0.15, -0.1) is 0 Å². The van der Waals surface area contributed by atoms with Gasteiger partial charge in [-0.2, -0.15) is 23.5 Å². The average Bonchev–Trinajstić information content (AvgIpc) is 3.63. The third-order valence-corrected chi connectivity index (χ3v) is 7.02. The van der Waals surface area contributed by atoms with Crippen molar-refractivity contribution in [1.29, 1.82) is 5.26 Å². The van der Waals surface area contributed by atoms with Gasteiger partial charge in [-0.25, -0.2) is 9.97 Å². The topological polar surface area (TPSA) is 188 Å². The van der Waals surface area contributed by atoms with E-state index in [4.69, 9.17) is 32.5 Å². The van der Waals surface area contributed by atoms with Crippen LogP contribution in [0.4, 0.5) is 24.7 Å². The molecule has 14 nitrogen and oxygen atoms in total. The highest BCUT2D eigenvalue weighted by atomic mass is 35.5. The molecule has 4 aromatic rings. The van der Waals surface area contributed by atoms with Crippen LogP contribution in [0.1, 0.15) is 22.5 Å². The van der Waals surface area contributed by atoms with Crippen LogP contribution in [-0.2, 0) is 22.3 Å². The van der Waals surface area contributed by atoms with E-state index >= 15 is 0 Å². The van der Waals surface area contributed by atoms with Crippen LogP contribution in [0.15, 0.2) is 43.0 Å². The molecule has 1 aromatic carbocycles. The Morgan fingerprint density at radius 2 is 1.87 bits per heavy atom. The molecular formula is C27H26ClF3N10O4. The molecule has 0 radical (unpaired) electrons. The lowest BCUT2D eigenvalue weighted by molar-refractivity contribution is -0.141. The number of amides is 2. The number of nitriles is 1. The average molecular weight is 647 g/mol. The van der Waals surface area contributed by atoms with E-state index in [0.29, 0.717) is 31.9 Å². The molecule has 3 aromatic heterocycles. The molecule has 18 heteroatoms. The fourth-order valence-corrected chi connectivity index (χ4v) is 4.95. The second-order valence-corrected chi connectivity index (χ2v) is 9.90. The number of halogens is 4. The smallest absolute Gasteiger partial charge is 0.435 e. The van der Waals surface area contributed by atoms with E-state index < -0.39 is 11.9 Å². The summed E-state index contributed by atoms with van der Waals surface area (Å²) in [5, 5.41) is 22.6. The summed E-state index contributed by atoms with van der Waals surface area (Å²) in [7, 11) is 0. The van der Waals surface area contributed by atoms with Gasteiger partial charge in [0.05, 0.1) is 34.1 Å². The fourth-order valence-electron chi connectivity index (χ4n) is 4.69. The number of imidazole rings is 1. The van der Waals surface area contributed by atoms with E-state index in [1.807, 2.05) is 0 Å². The third kappa shape index (κ3) is 7.30. The summed E-state index contributed by atoms with van der Waals surface area (Å²) in [6.45, 7) is 1.22. The largest absolute Gasteiger partial charge is 0.483 e. The Bertz CT molecular complexity index is 1740. The Morgan fingerprint density at radius 1 is 1.18 bits per heavy atom. The number of carboxylic acid groups (broad SMARTS) is 1. The number of anilines is 2. The Labute approximate surface area is 258 Å². The van der Waals surface area contributed by atoms with Gasteiger partial charge in [0.25, 0.3) is 12.4 Å². The second-order valence-electron chi connectivity index (χ2n) is 9.49. The molecule has 0 atom stereocenters. The van der Waals surface area contributed by atoms with Crippen molar-refractivity contribution in [3.05, 3.63) is 59.3 Å². The predicted molar refractivity (Wildman–Crippen MR) is 154 cm³/mol. The van der Waals surface area contributed by atoms with Crippen molar-refractivity contribution < 1.29 is 32.7 Å². The number of nitrogens with two attached hydrogens (primary N) is 1. The lowest BCUT2D eigenvalue weighted by Crippen LogP contribution is -2.50. The summed E-state index contributed by atoms with van der Waals surface area (Å²) in [4.78, 5) is 45.4. The number of benzene rings is 1. The number of rotatable bonds is 7. The maximum absolute atomic E-state index is 13.7. The molecule has 1 aliphatic rings. The molecule has 0 saturated carbocycles. The molecule has 0 unspecified atom stereocenters. The highest BCUT2D eigenvalue weighted by molar-refractivity contribution is 6.34. The Hall–Kier alpha value is -5.21. The number of fused-ring (bicyclic) bond motifs is 1. The molecule has 5 rings (SSSR count). The van der Waals surface area contributed by atoms with Crippen LogP contribution in [0.5, 0.6) is 0 Å². The van der Waals surface area contributed by atoms with Gasteiger partial charge in [0.2, 0.25) is 5.91 Å². The molecule has 1 saturated heterocycles. The first-order valence-electron chi connectivity index (χ1n) is 13.3. The first-order valence-corrected chi connectivity index (χ1v) is 13.7. The molecule has 4 heterocycles. The number of alkyl halides is 3. The van der Waals surface area contributed by atoms with Crippen molar-refractivity contribution in [3.8, 4) is 17.3 Å². The van der Waals surface area contributed by atoms with Crippen LogP contribution in [-0.4, -0.2) is 90.1 Å². The van der Waals surface area contributed by atoms with Gasteiger partial charge in [-0.3, -0.25) is 23.5 Å². The molecule has 0 spiro atoms. The molecular weight excluding hydrogens is 621 g/mol. The number of carbonyl (C=O) groups is 3. The van der Waals surface area contributed by atoms with Crippen LogP contribution in [0.25, 0.3) is 16.9 Å². The summed E-state index contributed by atoms with van der Waals surface area (Å²) in [5.41, 5.74) is 5.17. The SMILES string of the molecule is N#CCn1cc(-c2cnc3c(Nc4ccc(C(=O)N5CCN(C(=O)CCN)CC5)c(Cl)c4)nccn23)c(C(F)(F)F)n1.O=CO. The number of nitrogens with one attached hydrogen (secondary N) is 1. The number of piperazine rings is 1. The van der Waals surface area contributed by atoms with E-state index in [1.54, 1.807) is 34.1 Å². The Kier molecular flexibility index (Phi) is 10.2. The van der Waals surface area contributed by atoms with Gasteiger partial charge in [0.15, 0.2) is 17.2 Å². The molecule has 0 bridgehead atoms. The van der Waals surface area contributed by atoms with Crippen LogP contribution >= 0.6 is 11.6 Å². The number of hydrogen-bond donors (Lipinski definition) is 3. The maximum atomic E-state index is 13.7. The van der Waals surface area contributed by atoms with Crippen LogP contribution in [0.2, 0.25) is 5.02 Å². The van der Waals surface area contributed by atoms with Crippen LogP contribution < -0.4 is 11.1 Å². The highest BCUT2D eigenvalue weighted by Gasteiger charge is 2.38. The molecule has 45 heavy (non-hydrogen) atoms. The summed E-state index contributed by atoms with van der Waals surface area (Å²) < 4.78 is 43.5. The summed E-state index contributed by atoms with van der Waals surface area (Å²) in [5.74, 6) is -0.0794. The molecule has 1 fully saturated rings. The number of aromatic nitrogens is 5. The van der Waals surface area contributed by atoms with E-state index in [-0.39, 0.29) is 71.1 Å². The zero-order chi connectivity index (χ0) is 32.7. The van der Waals surface area contributed by atoms with Gasteiger partial charge in [-0.1, -0.05) is 11.6 Å². The zero-order valence-corrected chi connectivity index (χ0v) is 24.2. The molecule has 2 amide bonds. The minimum Gasteiger partial charge on any atom is -0.483 e. The fraction of sp³-hybridized carbons (Fsp3) is 0.296. The molecule has 0 aliphatic carbocycles. The van der Waals surface area contributed by atoms with Crippen molar-refractivity contribution in [3.63, 3.8) is 0 Å². The minimum atomic E-state index is -4.75. The Morgan fingerprint density at radius 3 is 2.49 bits per heavy atom. The van der Waals surface area contributed by atoms with Gasteiger partial charge >= 0.3 is 6.18 Å². The lowest BCUT2D eigenvalue weighted by Gasteiger charge is -2.35. The highest BCUT2D eigenvalue weighted by Crippen LogP contribution is 2.37. The maximum Gasteiger partial charge on any atom is 0.435 e. The Balaban J connectivity index is 0.00000148. The third-order valence-electron chi connectivity index (χ3n) is 6.71. The molecule has 4 N–H and O–H groups in total. The van der Waals surface area contributed by atoms with Gasteiger partial charge in [-0.05, 0) is 18.2 Å². The van der Waals surface area contributed by atoms with Crippen molar-refractivity contribution in [2.75, 3.05) is 38.0 Å². The van der Waals surface area contributed by atoms with E-state index in [1.165, 1.54) is 23.0 Å². The van der Waals surface area contributed by atoms with Crippen LogP contribution in [0.3, 0.4) is 0 Å².